The normalized spacial score (nSPS) is 24.7. The van der Waals surface area contributed by atoms with Crippen LogP contribution in [-0.4, -0.2) is 60.4 Å². The Morgan fingerprint density at radius 1 is 0.904 bits per heavy atom. The molecule has 8 heteroatoms. The number of carbonyl (C=O) groups is 2. The zero-order chi connectivity index (χ0) is 36.6. The SMILES string of the molecule is CCCCCCCCCCCCCCCCCC(=O)O[C@H](C(=O)OC1=CC[C@@]2(O)[C@@H]3Cc4ccc(OC)c5c4[C@@]2(CCN3C)[C@H]1O5)c1ccccc1. The van der Waals surface area contributed by atoms with Crippen molar-refractivity contribution in [2.75, 3.05) is 20.7 Å². The number of esters is 2. The second-order valence-corrected chi connectivity index (χ2v) is 15.7. The van der Waals surface area contributed by atoms with Crippen LogP contribution in [0.5, 0.6) is 11.5 Å². The Morgan fingerprint density at radius 3 is 2.17 bits per heavy atom. The van der Waals surface area contributed by atoms with Crippen LogP contribution in [0.15, 0.2) is 54.3 Å². The van der Waals surface area contributed by atoms with Crippen molar-refractivity contribution in [1.82, 2.24) is 4.90 Å². The summed E-state index contributed by atoms with van der Waals surface area (Å²) < 4.78 is 24.4. The van der Waals surface area contributed by atoms with Crippen LogP contribution in [0.4, 0.5) is 0 Å². The molecule has 284 valence electrons. The average Bonchev–Trinajstić information content (AvgIpc) is 3.51. The van der Waals surface area contributed by atoms with Crippen molar-refractivity contribution < 1.29 is 33.6 Å². The second-order valence-electron chi connectivity index (χ2n) is 15.7. The van der Waals surface area contributed by atoms with Crippen LogP contribution in [0.3, 0.4) is 0 Å². The summed E-state index contributed by atoms with van der Waals surface area (Å²) in [6.45, 7) is 3.04. The molecule has 8 nitrogen and oxygen atoms in total. The number of likely N-dealkylation sites (N-methyl/N-ethyl adjacent to an activating group) is 1. The van der Waals surface area contributed by atoms with Gasteiger partial charge in [0, 0.05) is 30.0 Å². The van der Waals surface area contributed by atoms with E-state index in [-0.39, 0.29) is 12.5 Å². The molecule has 0 unspecified atom stereocenters. The first-order valence-corrected chi connectivity index (χ1v) is 20.3. The molecule has 0 amide bonds. The number of nitrogens with zero attached hydrogens (tertiary/aromatic N) is 1. The Labute approximate surface area is 311 Å². The van der Waals surface area contributed by atoms with E-state index < -0.39 is 35.2 Å². The molecule has 2 aromatic carbocycles. The van der Waals surface area contributed by atoms with Gasteiger partial charge in [-0.1, -0.05) is 133 Å². The first-order valence-electron chi connectivity index (χ1n) is 20.3. The standard InChI is InChI=1S/C44H61NO7/c1-4-5-6-7-8-9-10-11-12-13-14-15-16-17-21-24-37(46)51-39(32-22-19-18-20-23-32)42(47)50-35-27-28-44(48)36-31-33-25-26-34(49-3)40-38(33)43(44,41(35)52-40)29-30-45(36)2/h18-20,22-23,25-27,36,39,41,48H,4-17,21,24,28-31H2,1-3H3/t36-,39-,41-,43-,44+/m0/s1. The number of unbranched alkanes of at least 4 members (excludes halogenated alkanes) is 14. The van der Waals surface area contributed by atoms with Crippen molar-refractivity contribution in [2.45, 2.75) is 158 Å². The van der Waals surface area contributed by atoms with Crippen LogP contribution in [0, 0.1) is 0 Å². The number of aliphatic hydroxyl groups is 1. The van der Waals surface area contributed by atoms with Crippen LogP contribution in [0.1, 0.15) is 145 Å². The van der Waals surface area contributed by atoms with E-state index in [9.17, 15) is 14.7 Å². The van der Waals surface area contributed by atoms with Crippen LogP contribution in [0.2, 0.25) is 0 Å². The predicted octanol–water partition coefficient (Wildman–Crippen LogP) is 9.06. The summed E-state index contributed by atoms with van der Waals surface area (Å²) in [5.74, 6) is 0.489. The minimum atomic E-state index is -1.21. The fourth-order valence-corrected chi connectivity index (χ4v) is 9.47. The molecule has 2 aromatic rings. The molecule has 2 aliphatic carbocycles. The molecular weight excluding hydrogens is 654 g/mol. The third-order valence-electron chi connectivity index (χ3n) is 12.3. The molecule has 1 N–H and O–H groups in total. The molecule has 1 spiro atoms. The van der Waals surface area contributed by atoms with Gasteiger partial charge in [-0.15, -0.1) is 0 Å². The van der Waals surface area contributed by atoms with E-state index in [0.717, 1.165) is 36.9 Å². The largest absolute Gasteiger partial charge is 0.493 e. The highest BCUT2D eigenvalue weighted by Gasteiger charge is 2.72. The van der Waals surface area contributed by atoms with Crippen molar-refractivity contribution in [3.05, 3.63) is 71.0 Å². The predicted molar refractivity (Wildman–Crippen MR) is 202 cm³/mol. The molecule has 2 heterocycles. The molecule has 52 heavy (non-hydrogen) atoms. The fourth-order valence-electron chi connectivity index (χ4n) is 9.47. The molecule has 2 aliphatic heterocycles. The lowest BCUT2D eigenvalue weighted by Crippen LogP contribution is -2.74. The van der Waals surface area contributed by atoms with Gasteiger partial charge in [0.15, 0.2) is 17.6 Å². The van der Waals surface area contributed by atoms with Crippen molar-refractivity contribution in [1.29, 1.82) is 0 Å². The van der Waals surface area contributed by atoms with Gasteiger partial charge in [-0.3, -0.25) is 4.79 Å². The number of piperidine rings is 1. The van der Waals surface area contributed by atoms with E-state index >= 15 is 0 Å². The van der Waals surface area contributed by atoms with E-state index in [2.05, 4.69) is 24.9 Å². The topological polar surface area (TPSA) is 94.5 Å². The summed E-state index contributed by atoms with van der Waals surface area (Å²) in [5, 5.41) is 12.5. The Kier molecular flexibility index (Phi) is 13.0. The maximum Gasteiger partial charge on any atom is 0.357 e. The summed E-state index contributed by atoms with van der Waals surface area (Å²) in [6, 6.07) is 12.9. The molecule has 1 saturated heterocycles. The Morgan fingerprint density at radius 2 is 1.54 bits per heavy atom. The number of ether oxygens (including phenoxy) is 4. The van der Waals surface area contributed by atoms with Crippen molar-refractivity contribution in [2.24, 2.45) is 0 Å². The minimum Gasteiger partial charge on any atom is -0.493 e. The van der Waals surface area contributed by atoms with Gasteiger partial charge in [0.2, 0.25) is 6.10 Å². The molecular formula is C44H61NO7. The number of hydrogen-bond donors (Lipinski definition) is 1. The first kappa shape index (κ1) is 38.4. The molecule has 2 bridgehead atoms. The van der Waals surface area contributed by atoms with Crippen molar-refractivity contribution >= 4 is 11.9 Å². The van der Waals surface area contributed by atoms with Gasteiger partial charge in [0.05, 0.1) is 18.1 Å². The maximum atomic E-state index is 14.0. The van der Waals surface area contributed by atoms with Crippen LogP contribution in [0.25, 0.3) is 0 Å². The summed E-state index contributed by atoms with van der Waals surface area (Å²) in [7, 11) is 3.68. The van der Waals surface area contributed by atoms with Crippen LogP contribution in [-0.2, 0) is 30.9 Å². The highest BCUT2D eigenvalue weighted by atomic mass is 16.6. The summed E-state index contributed by atoms with van der Waals surface area (Å²) >= 11 is 0. The third-order valence-corrected chi connectivity index (χ3v) is 12.3. The average molecular weight is 716 g/mol. The number of carbonyl (C=O) groups excluding carboxylic acids is 2. The highest BCUT2D eigenvalue weighted by molar-refractivity contribution is 5.82. The Hall–Kier alpha value is -3.36. The fraction of sp³-hybridized carbons (Fsp3) is 0.636. The summed E-state index contributed by atoms with van der Waals surface area (Å²) in [6.07, 6.45) is 20.6. The molecule has 0 saturated carbocycles. The first-order chi connectivity index (χ1) is 25.3. The van der Waals surface area contributed by atoms with E-state index in [1.54, 1.807) is 25.3 Å². The lowest BCUT2D eigenvalue weighted by molar-refractivity contribution is -0.176. The zero-order valence-corrected chi connectivity index (χ0v) is 31.8. The number of rotatable bonds is 21. The minimum absolute atomic E-state index is 0.106. The van der Waals surface area contributed by atoms with Gasteiger partial charge >= 0.3 is 11.9 Å². The van der Waals surface area contributed by atoms with E-state index in [0.29, 0.717) is 42.1 Å². The van der Waals surface area contributed by atoms with Crippen molar-refractivity contribution in [3.8, 4) is 11.5 Å². The molecule has 5 atom stereocenters. The third kappa shape index (κ3) is 7.79. The molecule has 4 aliphatic rings. The van der Waals surface area contributed by atoms with Gasteiger partial charge < -0.3 is 29.0 Å². The smallest absolute Gasteiger partial charge is 0.357 e. The van der Waals surface area contributed by atoms with Gasteiger partial charge in [0.1, 0.15) is 5.76 Å². The Bertz CT molecular complexity index is 1540. The van der Waals surface area contributed by atoms with Gasteiger partial charge in [-0.2, -0.15) is 0 Å². The number of likely N-dealkylation sites (tertiary alicyclic amines) is 1. The van der Waals surface area contributed by atoms with E-state index in [1.165, 1.54) is 77.0 Å². The lowest BCUT2D eigenvalue weighted by atomic mass is 9.50. The molecule has 6 rings (SSSR count). The van der Waals surface area contributed by atoms with Crippen LogP contribution >= 0.6 is 0 Å². The molecule has 0 radical (unpaired) electrons. The van der Waals surface area contributed by atoms with Crippen LogP contribution < -0.4 is 9.47 Å². The quantitative estimate of drug-likeness (QED) is 0.101. The number of benzene rings is 2. The van der Waals surface area contributed by atoms with Gasteiger partial charge in [-0.25, -0.2) is 4.79 Å². The highest BCUT2D eigenvalue weighted by Crippen LogP contribution is 2.65. The zero-order valence-electron chi connectivity index (χ0n) is 31.8. The monoisotopic (exact) mass is 715 g/mol. The van der Waals surface area contributed by atoms with Gasteiger partial charge in [0.25, 0.3) is 0 Å². The summed E-state index contributed by atoms with van der Waals surface area (Å²) in [4.78, 5) is 29.4. The number of hydrogen-bond acceptors (Lipinski definition) is 8. The van der Waals surface area contributed by atoms with Gasteiger partial charge in [-0.05, 0) is 50.6 Å². The molecule has 1 fully saturated rings. The molecule has 0 aromatic heterocycles. The maximum absolute atomic E-state index is 14.0. The lowest BCUT2D eigenvalue weighted by Gasteiger charge is -2.61. The number of methoxy groups -OCH3 is 1. The van der Waals surface area contributed by atoms with E-state index in [1.807, 2.05) is 24.3 Å². The Balaban J connectivity index is 1.02. The van der Waals surface area contributed by atoms with E-state index in [4.69, 9.17) is 18.9 Å². The summed E-state index contributed by atoms with van der Waals surface area (Å²) in [5.41, 5.74) is 0.754. The second kappa shape index (κ2) is 17.6. The van der Waals surface area contributed by atoms with Crippen molar-refractivity contribution in [3.63, 3.8) is 0 Å².